The number of thioether (sulfide) groups is 1. The molecule has 0 bridgehead atoms. The zero-order valence-electron chi connectivity index (χ0n) is 15.4. The summed E-state index contributed by atoms with van der Waals surface area (Å²) in [5.41, 5.74) is 0. The first-order valence-electron chi connectivity index (χ1n) is 8.42. The molecule has 0 saturated carbocycles. The first-order valence-corrected chi connectivity index (χ1v) is 11.1. The van der Waals surface area contributed by atoms with Crippen molar-refractivity contribution in [2.45, 2.75) is 36.2 Å². The molecule has 0 N–H and O–H groups in total. The van der Waals surface area contributed by atoms with Crippen LogP contribution in [0.3, 0.4) is 0 Å². The summed E-state index contributed by atoms with van der Waals surface area (Å²) < 4.78 is 32.0. The number of hydrogen-bond acceptors (Lipinski definition) is 7. The summed E-state index contributed by atoms with van der Waals surface area (Å²) in [6.07, 6.45) is 1.63. The summed E-state index contributed by atoms with van der Waals surface area (Å²) in [5.74, 6) is 0.0131. The molecule has 27 heavy (non-hydrogen) atoms. The second-order valence-electron chi connectivity index (χ2n) is 6.24. The fraction of sp³-hybridized carbons (Fsp3) is 0.389. The Bertz CT molecular complexity index is 877. The van der Waals surface area contributed by atoms with E-state index in [4.69, 9.17) is 4.74 Å². The number of esters is 1. The minimum absolute atomic E-state index is 0.0768. The zero-order chi connectivity index (χ0) is 19.9. The van der Waals surface area contributed by atoms with E-state index in [9.17, 15) is 13.2 Å². The fourth-order valence-corrected chi connectivity index (χ4v) is 4.21. The third-order valence-electron chi connectivity index (χ3n) is 3.42. The van der Waals surface area contributed by atoms with Gasteiger partial charge in [0.1, 0.15) is 11.6 Å². The third-order valence-corrected chi connectivity index (χ3v) is 5.99. The maximum Gasteiger partial charge on any atom is 0.316 e. The summed E-state index contributed by atoms with van der Waals surface area (Å²) >= 11 is 1.16. The van der Waals surface area contributed by atoms with Crippen LogP contribution in [0.15, 0.2) is 53.0 Å². The molecule has 2 aromatic rings. The number of rotatable bonds is 10. The normalized spacial score (nSPS) is 11.5. The van der Waals surface area contributed by atoms with Crippen LogP contribution < -0.4 is 0 Å². The summed E-state index contributed by atoms with van der Waals surface area (Å²) in [5, 5.41) is 8.50. The number of nitrogens with zero attached hydrogens (tertiary/aromatic N) is 3. The molecule has 146 valence electrons. The highest BCUT2D eigenvalue weighted by molar-refractivity contribution is 7.99. The van der Waals surface area contributed by atoms with Gasteiger partial charge in [0.25, 0.3) is 0 Å². The topological polar surface area (TPSA) is 91.1 Å². The number of allylic oxidation sites excluding steroid dienone is 1. The quantitative estimate of drug-likeness (QED) is 0.338. The van der Waals surface area contributed by atoms with Crippen molar-refractivity contribution in [2.75, 3.05) is 12.4 Å². The number of benzene rings is 1. The lowest BCUT2D eigenvalue weighted by molar-refractivity contribution is -0.141. The Morgan fingerprint density at radius 1 is 1.30 bits per heavy atom. The molecule has 1 heterocycles. The lowest BCUT2D eigenvalue weighted by Gasteiger charge is -2.09. The Kier molecular flexibility index (Phi) is 7.61. The monoisotopic (exact) mass is 409 g/mol. The van der Waals surface area contributed by atoms with Crippen LogP contribution in [0.5, 0.6) is 0 Å². The molecule has 0 unspecified atom stereocenters. The molecule has 1 aromatic carbocycles. The van der Waals surface area contributed by atoms with Gasteiger partial charge in [0, 0.05) is 6.54 Å². The molecule has 0 fully saturated rings. The fourth-order valence-electron chi connectivity index (χ4n) is 2.15. The standard InChI is InChI=1S/C18H23N3O4S2/c1-4-10-21-16(13-27(23,24)15-8-6-5-7-9-15)19-20-18(21)26-12-17(22)25-11-14(2)3/h4-9,14H,1,10-13H2,2-3H3. The molecule has 0 atom stereocenters. The smallest absolute Gasteiger partial charge is 0.316 e. The number of sulfone groups is 1. The highest BCUT2D eigenvalue weighted by Crippen LogP contribution is 2.21. The van der Waals surface area contributed by atoms with E-state index in [1.54, 1.807) is 41.0 Å². The second-order valence-corrected chi connectivity index (χ2v) is 9.17. The van der Waals surface area contributed by atoms with Gasteiger partial charge in [-0.25, -0.2) is 8.42 Å². The van der Waals surface area contributed by atoms with Gasteiger partial charge < -0.3 is 9.30 Å². The SMILES string of the molecule is C=CCn1c(CS(=O)(=O)c2ccccc2)nnc1SCC(=O)OCC(C)C. The van der Waals surface area contributed by atoms with Crippen LogP contribution in [-0.2, 0) is 31.7 Å². The molecule has 0 aliphatic heterocycles. The van der Waals surface area contributed by atoms with Gasteiger partial charge in [0.15, 0.2) is 15.0 Å². The maximum atomic E-state index is 12.6. The van der Waals surface area contributed by atoms with Gasteiger partial charge in [-0.15, -0.1) is 16.8 Å². The Balaban J connectivity index is 2.12. The molecule has 0 spiro atoms. The number of hydrogen-bond donors (Lipinski definition) is 0. The summed E-state index contributed by atoms with van der Waals surface area (Å²) in [4.78, 5) is 12.0. The van der Waals surface area contributed by atoms with Crippen LogP contribution in [0.2, 0.25) is 0 Å². The average Bonchev–Trinajstić information content (AvgIpc) is 3.00. The Labute approximate surface area is 163 Å². The van der Waals surface area contributed by atoms with Gasteiger partial charge in [0.05, 0.1) is 17.3 Å². The van der Waals surface area contributed by atoms with Crippen molar-refractivity contribution >= 4 is 27.6 Å². The van der Waals surface area contributed by atoms with E-state index < -0.39 is 9.84 Å². The zero-order valence-corrected chi connectivity index (χ0v) is 17.0. The van der Waals surface area contributed by atoms with Crippen LogP contribution >= 0.6 is 11.8 Å². The molecule has 0 aliphatic rings. The Morgan fingerprint density at radius 2 is 2.00 bits per heavy atom. The number of aromatic nitrogens is 3. The van der Waals surface area contributed by atoms with Crippen molar-refractivity contribution < 1.29 is 17.9 Å². The number of carbonyl (C=O) groups excluding carboxylic acids is 1. The minimum atomic E-state index is -3.55. The molecule has 1 aromatic heterocycles. The van der Waals surface area contributed by atoms with E-state index in [1.807, 2.05) is 13.8 Å². The molecular weight excluding hydrogens is 386 g/mol. The number of ether oxygens (including phenoxy) is 1. The van der Waals surface area contributed by atoms with Crippen LogP contribution in [0, 0.1) is 5.92 Å². The van der Waals surface area contributed by atoms with Crippen LogP contribution in [0.4, 0.5) is 0 Å². The van der Waals surface area contributed by atoms with Gasteiger partial charge in [-0.3, -0.25) is 4.79 Å². The highest BCUT2D eigenvalue weighted by atomic mass is 32.2. The molecule has 0 aliphatic carbocycles. The van der Waals surface area contributed by atoms with Crippen molar-refractivity contribution in [1.29, 1.82) is 0 Å². The molecule has 7 nitrogen and oxygen atoms in total. The molecule has 2 rings (SSSR count). The third kappa shape index (κ3) is 6.21. The van der Waals surface area contributed by atoms with E-state index in [2.05, 4.69) is 16.8 Å². The van der Waals surface area contributed by atoms with Gasteiger partial charge in [-0.2, -0.15) is 0 Å². The maximum absolute atomic E-state index is 12.6. The van der Waals surface area contributed by atoms with Gasteiger partial charge in [-0.05, 0) is 18.1 Å². The summed E-state index contributed by atoms with van der Waals surface area (Å²) in [7, 11) is -3.55. The van der Waals surface area contributed by atoms with E-state index in [1.165, 1.54) is 0 Å². The van der Waals surface area contributed by atoms with E-state index in [0.29, 0.717) is 24.1 Å². The van der Waals surface area contributed by atoms with Crippen molar-refractivity contribution in [1.82, 2.24) is 14.8 Å². The van der Waals surface area contributed by atoms with Crippen molar-refractivity contribution in [3.8, 4) is 0 Å². The molecule has 0 saturated heterocycles. The predicted molar refractivity (Wildman–Crippen MR) is 104 cm³/mol. The van der Waals surface area contributed by atoms with Crippen molar-refractivity contribution in [3.63, 3.8) is 0 Å². The Hall–Kier alpha value is -2.13. The van der Waals surface area contributed by atoms with E-state index in [-0.39, 0.29) is 28.3 Å². The predicted octanol–water partition coefficient (Wildman–Crippen LogP) is 2.73. The summed E-state index contributed by atoms with van der Waals surface area (Å²) in [6, 6.07) is 8.19. The largest absolute Gasteiger partial charge is 0.465 e. The van der Waals surface area contributed by atoms with Crippen LogP contribution in [-0.4, -0.2) is 41.5 Å². The number of carbonyl (C=O) groups is 1. The highest BCUT2D eigenvalue weighted by Gasteiger charge is 2.21. The van der Waals surface area contributed by atoms with Gasteiger partial charge >= 0.3 is 5.97 Å². The molecule has 0 amide bonds. The lowest BCUT2D eigenvalue weighted by Crippen LogP contribution is -2.13. The minimum Gasteiger partial charge on any atom is -0.465 e. The average molecular weight is 410 g/mol. The van der Waals surface area contributed by atoms with Crippen molar-refractivity contribution in [2.24, 2.45) is 5.92 Å². The second kappa shape index (κ2) is 9.70. The first kappa shape index (κ1) is 21.2. The van der Waals surface area contributed by atoms with Gasteiger partial charge in [0.2, 0.25) is 0 Å². The first-order chi connectivity index (χ1) is 12.8. The van der Waals surface area contributed by atoms with Crippen LogP contribution in [0.1, 0.15) is 19.7 Å². The lowest BCUT2D eigenvalue weighted by atomic mass is 10.2. The molecular formula is C18H23N3O4S2. The summed E-state index contributed by atoms with van der Waals surface area (Å²) in [6.45, 7) is 8.31. The van der Waals surface area contributed by atoms with Crippen LogP contribution in [0.25, 0.3) is 0 Å². The van der Waals surface area contributed by atoms with Crippen molar-refractivity contribution in [3.05, 3.63) is 48.8 Å². The van der Waals surface area contributed by atoms with E-state index >= 15 is 0 Å². The van der Waals surface area contributed by atoms with E-state index in [0.717, 1.165) is 11.8 Å². The molecule has 0 radical (unpaired) electrons. The Morgan fingerprint density at radius 3 is 2.63 bits per heavy atom. The molecule has 9 heteroatoms. The van der Waals surface area contributed by atoms with Gasteiger partial charge in [-0.1, -0.05) is 49.9 Å².